The summed E-state index contributed by atoms with van der Waals surface area (Å²) in [6.45, 7) is 2.35. The topological polar surface area (TPSA) is 99.8 Å². The third kappa shape index (κ3) is 4.49. The molecule has 0 radical (unpaired) electrons. The second kappa shape index (κ2) is 9.49. The summed E-state index contributed by atoms with van der Waals surface area (Å²) in [7, 11) is 3.06. The van der Waals surface area contributed by atoms with E-state index in [-0.39, 0.29) is 22.6 Å². The number of hydrogen-bond acceptors (Lipinski definition) is 7. The lowest BCUT2D eigenvalue weighted by Gasteiger charge is -2.11. The van der Waals surface area contributed by atoms with Gasteiger partial charge in [-0.2, -0.15) is 0 Å². The Hall–Kier alpha value is -3.60. The standard InChI is InChI=1S/C22H22FN5O4S/c1-4-7-27-20(30)17-8-13(23)5-6-18(17)28-21(27)25-26-22(28)33-12-19(29)24-14-9-15(31-2)11-16(10-14)32-3/h5-6,8-11H,4,7,12H2,1-3H3,(H,24,29). The van der Waals surface area contributed by atoms with Crippen molar-refractivity contribution in [2.75, 3.05) is 25.3 Å². The van der Waals surface area contributed by atoms with Crippen LogP contribution in [0.15, 0.2) is 46.3 Å². The molecule has 4 aromatic rings. The van der Waals surface area contributed by atoms with Crippen LogP contribution in [0.4, 0.5) is 10.1 Å². The lowest BCUT2D eigenvalue weighted by Crippen LogP contribution is -2.23. The van der Waals surface area contributed by atoms with Gasteiger partial charge in [0.05, 0.1) is 30.9 Å². The molecule has 0 aliphatic heterocycles. The number of nitrogens with zero attached hydrogens (tertiary/aromatic N) is 4. The number of fused-ring (bicyclic) bond motifs is 3. The third-order valence-corrected chi connectivity index (χ3v) is 5.88. The quantitative estimate of drug-likeness (QED) is 0.394. The molecule has 0 aliphatic rings. The zero-order valence-electron chi connectivity index (χ0n) is 18.3. The molecule has 1 amide bonds. The van der Waals surface area contributed by atoms with Gasteiger partial charge >= 0.3 is 0 Å². The molecule has 4 rings (SSSR count). The monoisotopic (exact) mass is 471 g/mol. The molecule has 0 atom stereocenters. The van der Waals surface area contributed by atoms with Gasteiger partial charge in [0.25, 0.3) is 5.56 Å². The molecule has 0 fully saturated rings. The van der Waals surface area contributed by atoms with Crippen molar-refractivity contribution in [3.8, 4) is 11.5 Å². The molecule has 0 unspecified atom stereocenters. The Morgan fingerprint density at radius 3 is 2.52 bits per heavy atom. The summed E-state index contributed by atoms with van der Waals surface area (Å²) in [5.74, 6) is 0.709. The molecule has 172 valence electrons. The molecule has 2 aromatic heterocycles. The highest BCUT2D eigenvalue weighted by Crippen LogP contribution is 2.27. The van der Waals surface area contributed by atoms with Gasteiger partial charge in [0.15, 0.2) is 5.16 Å². The Kier molecular flexibility index (Phi) is 6.50. The number of nitrogens with one attached hydrogen (secondary N) is 1. The summed E-state index contributed by atoms with van der Waals surface area (Å²) in [6, 6.07) is 9.08. The Morgan fingerprint density at radius 2 is 1.85 bits per heavy atom. The van der Waals surface area contributed by atoms with Crippen LogP contribution in [-0.2, 0) is 11.3 Å². The summed E-state index contributed by atoms with van der Waals surface area (Å²) in [4.78, 5) is 25.5. The van der Waals surface area contributed by atoms with E-state index in [1.807, 2.05) is 6.92 Å². The number of carbonyl (C=O) groups excluding carboxylic acids is 1. The average molecular weight is 472 g/mol. The highest BCUT2D eigenvalue weighted by molar-refractivity contribution is 7.99. The van der Waals surface area contributed by atoms with Gasteiger partial charge in [-0.3, -0.25) is 18.6 Å². The van der Waals surface area contributed by atoms with Crippen LogP contribution in [-0.4, -0.2) is 45.0 Å². The number of rotatable bonds is 8. The Labute approximate surface area is 192 Å². The second-order valence-corrected chi connectivity index (χ2v) is 8.12. The predicted octanol–water partition coefficient (Wildman–Crippen LogP) is 3.34. The lowest BCUT2D eigenvalue weighted by molar-refractivity contribution is -0.113. The average Bonchev–Trinajstić information content (AvgIpc) is 3.24. The minimum absolute atomic E-state index is 0.0376. The van der Waals surface area contributed by atoms with E-state index in [0.717, 1.165) is 11.8 Å². The van der Waals surface area contributed by atoms with Crippen LogP contribution in [0, 0.1) is 5.82 Å². The van der Waals surface area contributed by atoms with Crippen LogP contribution < -0.4 is 20.3 Å². The number of halogens is 1. The minimum atomic E-state index is -0.502. The fraction of sp³-hybridized carbons (Fsp3) is 0.273. The molecule has 33 heavy (non-hydrogen) atoms. The van der Waals surface area contributed by atoms with Crippen molar-refractivity contribution in [1.29, 1.82) is 0 Å². The Morgan fingerprint density at radius 1 is 1.12 bits per heavy atom. The van der Waals surface area contributed by atoms with Gasteiger partial charge in [0, 0.05) is 30.4 Å². The normalized spacial score (nSPS) is 11.2. The number of amides is 1. The maximum Gasteiger partial charge on any atom is 0.262 e. The molecular formula is C22H22FN5O4S. The number of ether oxygens (including phenoxy) is 2. The van der Waals surface area contributed by atoms with E-state index in [2.05, 4.69) is 15.5 Å². The van der Waals surface area contributed by atoms with Gasteiger partial charge in [0.1, 0.15) is 17.3 Å². The zero-order valence-corrected chi connectivity index (χ0v) is 19.1. The van der Waals surface area contributed by atoms with Gasteiger partial charge in [-0.15, -0.1) is 10.2 Å². The molecule has 0 saturated carbocycles. The fourth-order valence-corrected chi connectivity index (χ4v) is 4.22. The second-order valence-electron chi connectivity index (χ2n) is 7.17. The first-order valence-corrected chi connectivity index (χ1v) is 11.2. The first-order chi connectivity index (χ1) is 15.9. The first kappa shape index (κ1) is 22.6. The number of anilines is 1. The van der Waals surface area contributed by atoms with Crippen molar-refractivity contribution < 1.29 is 18.7 Å². The smallest absolute Gasteiger partial charge is 0.262 e. The molecule has 0 spiro atoms. The van der Waals surface area contributed by atoms with Crippen LogP contribution in [0.3, 0.4) is 0 Å². The third-order valence-electron chi connectivity index (χ3n) is 4.95. The van der Waals surface area contributed by atoms with Crippen molar-refractivity contribution in [2.45, 2.75) is 25.0 Å². The summed E-state index contributed by atoms with van der Waals surface area (Å²) in [5.41, 5.74) is 0.683. The van der Waals surface area contributed by atoms with Crippen LogP contribution in [0.25, 0.3) is 16.7 Å². The Balaban J connectivity index is 1.64. The summed E-state index contributed by atoms with van der Waals surface area (Å²) >= 11 is 1.16. The van der Waals surface area contributed by atoms with Crippen molar-refractivity contribution in [2.24, 2.45) is 0 Å². The van der Waals surface area contributed by atoms with Crippen LogP contribution >= 0.6 is 11.8 Å². The number of aromatic nitrogens is 4. The predicted molar refractivity (Wildman–Crippen MR) is 124 cm³/mol. The SMILES string of the molecule is CCCn1c(=O)c2cc(F)ccc2n2c(SCC(=O)Nc3cc(OC)cc(OC)c3)nnc12. The summed E-state index contributed by atoms with van der Waals surface area (Å²) in [5, 5.41) is 11.8. The van der Waals surface area contributed by atoms with Crippen molar-refractivity contribution >= 4 is 40.0 Å². The number of benzene rings is 2. The van der Waals surface area contributed by atoms with Gasteiger partial charge in [-0.05, 0) is 24.6 Å². The Bertz CT molecular complexity index is 1380. The largest absolute Gasteiger partial charge is 0.497 e. The maximum atomic E-state index is 13.9. The van der Waals surface area contributed by atoms with Gasteiger partial charge in [-0.25, -0.2) is 4.39 Å². The summed E-state index contributed by atoms with van der Waals surface area (Å²) < 4.78 is 27.5. The highest BCUT2D eigenvalue weighted by atomic mass is 32.2. The molecule has 0 saturated heterocycles. The van der Waals surface area contributed by atoms with E-state index in [1.54, 1.807) is 22.6 Å². The minimum Gasteiger partial charge on any atom is -0.497 e. The molecule has 2 aromatic carbocycles. The molecule has 11 heteroatoms. The van der Waals surface area contributed by atoms with Crippen molar-refractivity contribution in [1.82, 2.24) is 19.2 Å². The van der Waals surface area contributed by atoms with E-state index >= 15 is 0 Å². The molecule has 9 nitrogen and oxygen atoms in total. The molecular weight excluding hydrogens is 449 g/mol. The van der Waals surface area contributed by atoms with Gasteiger partial charge < -0.3 is 14.8 Å². The highest BCUT2D eigenvalue weighted by Gasteiger charge is 2.18. The van der Waals surface area contributed by atoms with E-state index in [0.29, 0.717) is 46.6 Å². The van der Waals surface area contributed by atoms with E-state index in [9.17, 15) is 14.0 Å². The zero-order chi connectivity index (χ0) is 23.5. The number of carbonyl (C=O) groups is 1. The van der Waals surface area contributed by atoms with Crippen molar-refractivity contribution in [3.63, 3.8) is 0 Å². The number of thioether (sulfide) groups is 1. The van der Waals surface area contributed by atoms with Crippen LogP contribution in [0.2, 0.25) is 0 Å². The first-order valence-electron chi connectivity index (χ1n) is 10.2. The fourth-order valence-electron chi connectivity index (χ4n) is 3.48. The lowest BCUT2D eigenvalue weighted by atomic mass is 10.2. The molecule has 1 N–H and O–H groups in total. The number of aryl methyl sites for hydroxylation is 1. The number of methoxy groups -OCH3 is 2. The van der Waals surface area contributed by atoms with E-state index in [1.165, 1.54) is 37.0 Å². The van der Waals surface area contributed by atoms with Crippen LogP contribution in [0.5, 0.6) is 11.5 Å². The molecule has 2 heterocycles. The van der Waals surface area contributed by atoms with Crippen LogP contribution in [0.1, 0.15) is 13.3 Å². The summed E-state index contributed by atoms with van der Waals surface area (Å²) in [6.07, 6.45) is 0.693. The maximum absolute atomic E-state index is 13.9. The van der Waals surface area contributed by atoms with Gasteiger partial charge in [0.2, 0.25) is 11.7 Å². The molecule has 0 bridgehead atoms. The number of hydrogen-bond donors (Lipinski definition) is 1. The van der Waals surface area contributed by atoms with E-state index < -0.39 is 5.82 Å². The van der Waals surface area contributed by atoms with E-state index in [4.69, 9.17) is 9.47 Å². The molecule has 0 aliphatic carbocycles. The van der Waals surface area contributed by atoms with Crippen molar-refractivity contribution in [3.05, 3.63) is 52.6 Å². The van der Waals surface area contributed by atoms with Gasteiger partial charge in [-0.1, -0.05) is 18.7 Å².